The number of carbonyl (C=O) groups excluding carboxylic acids is 7. The van der Waals surface area contributed by atoms with Gasteiger partial charge in [-0.3, -0.25) is 33.7 Å². The lowest BCUT2D eigenvalue weighted by atomic mass is 10.1. The number of likely N-dealkylation sites (tertiary alicyclic amines) is 1. The summed E-state index contributed by atoms with van der Waals surface area (Å²) in [5.74, 6) is -3.03. The Bertz CT molecular complexity index is 1230. The molecule has 2 rings (SSSR count). The number of esters is 1. The van der Waals surface area contributed by atoms with Gasteiger partial charge < -0.3 is 31.7 Å². The zero-order chi connectivity index (χ0) is 32.1. The lowest BCUT2D eigenvalue weighted by Gasteiger charge is -2.24. The minimum Gasteiger partial charge on any atom is -0.461 e. The number of hydrogen-bond acceptors (Lipinski definition) is 8. The minimum atomic E-state index is -1.15. The number of carbonyl (C=O) groups is 7. The van der Waals surface area contributed by atoms with Gasteiger partial charge in [0.25, 0.3) is 0 Å². The number of nitrogens with one attached hydrogen (secondary N) is 4. The quantitative estimate of drug-likeness (QED) is 0.0794. The summed E-state index contributed by atoms with van der Waals surface area (Å²) in [5.41, 5.74) is 6.56. The molecule has 1 aromatic carbocycles. The SMILES string of the molecule is C=C(C)[C@H](NC(=O)CCCN1C(=O)CC(C)C1=O)C(=O)N[C@@H](CCCNC(N)=O)C(=O)Nc1ccc(COC(C)=O)cc1. The van der Waals surface area contributed by atoms with Gasteiger partial charge in [-0.25, -0.2) is 4.79 Å². The van der Waals surface area contributed by atoms with Crippen LogP contribution in [0.3, 0.4) is 0 Å². The van der Waals surface area contributed by atoms with Crippen molar-refractivity contribution in [3.63, 3.8) is 0 Å². The molecule has 1 aliphatic heterocycles. The molecule has 7 amide bonds. The Labute approximate surface area is 250 Å². The van der Waals surface area contributed by atoms with Crippen LogP contribution in [-0.2, 0) is 40.1 Å². The fourth-order valence-electron chi connectivity index (χ4n) is 4.27. The van der Waals surface area contributed by atoms with Crippen LogP contribution in [-0.4, -0.2) is 71.6 Å². The smallest absolute Gasteiger partial charge is 0.312 e. The van der Waals surface area contributed by atoms with E-state index in [-0.39, 0.29) is 63.1 Å². The number of nitrogens with zero attached hydrogens (tertiary/aromatic N) is 1. The van der Waals surface area contributed by atoms with Crippen molar-refractivity contribution >= 4 is 47.2 Å². The maximum Gasteiger partial charge on any atom is 0.312 e. The molecule has 234 valence electrons. The van der Waals surface area contributed by atoms with E-state index < -0.39 is 41.8 Å². The summed E-state index contributed by atoms with van der Waals surface area (Å²) < 4.78 is 4.95. The molecule has 6 N–H and O–H groups in total. The molecule has 0 aliphatic carbocycles. The number of amides is 7. The first kappa shape index (κ1) is 34.5. The first-order valence-corrected chi connectivity index (χ1v) is 13.9. The van der Waals surface area contributed by atoms with Crippen LogP contribution in [0.5, 0.6) is 0 Å². The topological polar surface area (TPSA) is 206 Å². The normalized spacial score (nSPS) is 15.7. The van der Waals surface area contributed by atoms with E-state index in [1.807, 2.05) is 0 Å². The summed E-state index contributed by atoms with van der Waals surface area (Å²) in [7, 11) is 0. The first-order chi connectivity index (χ1) is 20.3. The molecule has 14 heteroatoms. The van der Waals surface area contributed by atoms with Crippen molar-refractivity contribution in [1.29, 1.82) is 0 Å². The number of benzene rings is 1. The number of anilines is 1. The number of nitrogens with two attached hydrogens (primary N) is 1. The number of urea groups is 1. The number of ether oxygens (including phenoxy) is 1. The van der Waals surface area contributed by atoms with Gasteiger partial charge >= 0.3 is 12.0 Å². The molecule has 14 nitrogen and oxygen atoms in total. The van der Waals surface area contributed by atoms with Crippen molar-refractivity contribution in [1.82, 2.24) is 20.9 Å². The minimum absolute atomic E-state index is 0.0430. The number of hydrogen-bond donors (Lipinski definition) is 5. The number of primary amides is 1. The van der Waals surface area contributed by atoms with E-state index in [1.165, 1.54) is 6.92 Å². The molecule has 1 aliphatic rings. The van der Waals surface area contributed by atoms with Crippen molar-refractivity contribution in [2.24, 2.45) is 11.7 Å². The highest BCUT2D eigenvalue weighted by Crippen LogP contribution is 2.19. The average molecular weight is 601 g/mol. The van der Waals surface area contributed by atoms with Crippen LogP contribution >= 0.6 is 0 Å². The maximum atomic E-state index is 13.2. The van der Waals surface area contributed by atoms with Gasteiger partial charge in [-0.05, 0) is 49.5 Å². The molecular weight excluding hydrogens is 560 g/mol. The zero-order valence-electron chi connectivity index (χ0n) is 24.7. The van der Waals surface area contributed by atoms with E-state index in [0.29, 0.717) is 23.2 Å². The van der Waals surface area contributed by atoms with Gasteiger partial charge in [0.05, 0.1) is 0 Å². The van der Waals surface area contributed by atoms with Gasteiger partial charge in [0.15, 0.2) is 0 Å². The van der Waals surface area contributed by atoms with Crippen molar-refractivity contribution in [2.45, 2.75) is 71.6 Å². The largest absolute Gasteiger partial charge is 0.461 e. The summed E-state index contributed by atoms with van der Waals surface area (Å²) in [6.45, 7) is 8.66. The van der Waals surface area contributed by atoms with Crippen LogP contribution in [0, 0.1) is 5.92 Å². The van der Waals surface area contributed by atoms with E-state index in [4.69, 9.17) is 10.5 Å². The highest BCUT2D eigenvalue weighted by atomic mass is 16.5. The van der Waals surface area contributed by atoms with Crippen molar-refractivity contribution < 1.29 is 38.3 Å². The summed E-state index contributed by atoms with van der Waals surface area (Å²) in [4.78, 5) is 86.2. The third-order valence-corrected chi connectivity index (χ3v) is 6.58. The van der Waals surface area contributed by atoms with E-state index >= 15 is 0 Å². The van der Waals surface area contributed by atoms with Crippen LogP contribution in [0.1, 0.15) is 58.4 Å². The van der Waals surface area contributed by atoms with Gasteiger partial charge in [0, 0.05) is 44.5 Å². The second kappa shape index (κ2) is 16.6. The molecule has 0 bridgehead atoms. The monoisotopic (exact) mass is 600 g/mol. The molecule has 0 radical (unpaired) electrons. The highest BCUT2D eigenvalue weighted by molar-refractivity contribution is 6.03. The average Bonchev–Trinajstić information content (AvgIpc) is 3.18. The molecule has 1 unspecified atom stereocenters. The Hall–Kier alpha value is -4.75. The molecule has 1 fully saturated rings. The molecule has 1 aromatic rings. The predicted molar refractivity (Wildman–Crippen MR) is 156 cm³/mol. The molecule has 1 saturated heterocycles. The van der Waals surface area contributed by atoms with E-state index in [9.17, 15) is 33.6 Å². The van der Waals surface area contributed by atoms with Gasteiger partial charge in [0.2, 0.25) is 29.5 Å². The zero-order valence-corrected chi connectivity index (χ0v) is 24.7. The molecule has 0 spiro atoms. The van der Waals surface area contributed by atoms with Crippen molar-refractivity contribution in [2.75, 3.05) is 18.4 Å². The molecule has 1 heterocycles. The second-order valence-corrected chi connectivity index (χ2v) is 10.4. The van der Waals surface area contributed by atoms with Crippen molar-refractivity contribution in [3.8, 4) is 0 Å². The highest BCUT2D eigenvalue weighted by Gasteiger charge is 2.35. The van der Waals surface area contributed by atoms with Gasteiger partial charge in [-0.15, -0.1) is 0 Å². The fraction of sp³-hybridized carbons (Fsp3) is 0.483. The van der Waals surface area contributed by atoms with Crippen LogP contribution in [0.15, 0.2) is 36.4 Å². The van der Waals surface area contributed by atoms with Crippen molar-refractivity contribution in [3.05, 3.63) is 42.0 Å². The van der Waals surface area contributed by atoms with Gasteiger partial charge in [0.1, 0.15) is 18.7 Å². The Morgan fingerprint density at radius 1 is 1.05 bits per heavy atom. The third-order valence-electron chi connectivity index (χ3n) is 6.58. The first-order valence-electron chi connectivity index (χ1n) is 13.9. The summed E-state index contributed by atoms with van der Waals surface area (Å²) in [6.07, 6.45) is 0.767. The summed E-state index contributed by atoms with van der Waals surface area (Å²) in [6, 6.07) is 3.66. The van der Waals surface area contributed by atoms with Crippen LogP contribution in [0.25, 0.3) is 0 Å². The van der Waals surface area contributed by atoms with Gasteiger partial charge in [-0.1, -0.05) is 25.6 Å². The predicted octanol–water partition coefficient (Wildman–Crippen LogP) is 0.858. The summed E-state index contributed by atoms with van der Waals surface area (Å²) >= 11 is 0. The van der Waals surface area contributed by atoms with Crippen LogP contribution in [0.2, 0.25) is 0 Å². The van der Waals surface area contributed by atoms with E-state index in [1.54, 1.807) is 38.1 Å². The molecule has 43 heavy (non-hydrogen) atoms. The molecule has 0 saturated carbocycles. The Morgan fingerprint density at radius 2 is 1.72 bits per heavy atom. The third kappa shape index (κ3) is 11.6. The van der Waals surface area contributed by atoms with Crippen LogP contribution < -0.4 is 27.0 Å². The Balaban J connectivity index is 2.01. The van der Waals surface area contributed by atoms with E-state index in [0.717, 1.165) is 4.90 Å². The van der Waals surface area contributed by atoms with Crippen LogP contribution in [0.4, 0.5) is 10.5 Å². The number of imide groups is 1. The Kier molecular flexibility index (Phi) is 13.3. The summed E-state index contributed by atoms with van der Waals surface area (Å²) in [5, 5.41) is 10.4. The molecular formula is C29H40N6O8. The standard InChI is InChI=1S/C29H40N6O8/c1-17(2)25(34-23(37)8-6-14-35-24(38)15-18(3)28(35)41)27(40)33-22(7-5-13-31-29(30)42)26(39)32-21-11-9-20(10-12-21)16-43-19(4)36/h9-12,18,22,25H,1,5-8,13-16H2,2-4H3,(H,32,39)(H,33,40)(H,34,37)(H3,30,31,42)/t18?,22-,25-/m0/s1. The fourth-order valence-corrected chi connectivity index (χ4v) is 4.27. The lowest BCUT2D eigenvalue weighted by Crippen LogP contribution is -2.53. The lowest BCUT2D eigenvalue weighted by molar-refractivity contribution is -0.142. The maximum absolute atomic E-state index is 13.2. The number of rotatable bonds is 16. The second-order valence-electron chi connectivity index (χ2n) is 10.4. The Morgan fingerprint density at radius 3 is 2.28 bits per heavy atom. The van der Waals surface area contributed by atoms with E-state index in [2.05, 4.69) is 27.8 Å². The molecule has 0 aromatic heterocycles. The van der Waals surface area contributed by atoms with Gasteiger partial charge in [-0.2, -0.15) is 0 Å². The molecule has 3 atom stereocenters.